The molecule has 0 aliphatic rings. The van der Waals surface area contributed by atoms with Crippen molar-refractivity contribution < 1.29 is 9.90 Å². The van der Waals surface area contributed by atoms with Crippen LogP contribution in [0.4, 0.5) is 0 Å². The maximum Gasteiger partial charge on any atom is 0.222 e. The minimum atomic E-state index is -0.331. The summed E-state index contributed by atoms with van der Waals surface area (Å²) in [6.45, 7) is 5.96. The summed E-state index contributed by atoms with van der Waals surface area (Å²) >= 11 is 0. The lowest BCUT2D eigenvalue weighted by Gasteiger charge is -2.08. The van der Waals surface area contributed by atoms with Gasteiger partial charge >= 0.3 is 0 Å². The lowest BCUT2D eigenvalue weighted by molar-refractivity contribution is -0.124. The van der Waals surface area contributed by atoms with Gasteiger partial charge in [-0.15, -0.1) is 0 Å². The Hall–Kier alpha value is -0.570. The number of hydrogen-bond acceptors (Lipinski definition) is 2. The summed E-state index contributed by atoms with van der Waals surface area (Å²) < 4.78 is 0. The summed E-state index contributed by atoms with van der Waals surface area (Å²) in [7, 11) is 0. The standard InChI is InChI=1S/C8H17NO2/c1-6(2)8(11)9-5-4-7(3)10/h6-7,10H,4-5H2,1-3H3,(H,9,11). The number of aliphatic hydroxyl groups is 1. The Labute approximate surface area is 67.8 Å². The van der Waals surface area contributed by atoms with Crippen LogP contribution in [0.15, 0.2) is 0 Å². The normalized spacial score (nSPS) is 13.2. The van der Waals surface area contributed by atoms with Crippen LogP contribution < -0.4 is 5.32 Å². The molecule has 3 nitrogen and oxygen atoms in total. The number of carbonyl (C=O) groups is 1. The molecule has 0 heterocycles. The smallest absolute Gasteiger partial charge is 0.222 e. The van der Waals surface area contributed by atoms with Crippen molar-refractivity contribution in [2.45, 2.75) is 33.3 Å². The van der Waals surface area contributed by atoms with Gasteiger partial charge in [-0.25, -0.2) is 0 Å². The van der Waals surface area contributed by atoms with Gasteiger partial charge in [-0.2, -0.15) is 0 Å². The second-order valence-electron chi connectivity index (χ2n) is 3.08. The fourth-order valence-corrected chi connectivity index (χ4v) is 0.608. The van der Waals surface area contributed by atoms with E-state index < -0.39 is 0 Å². The number of hydrogen-bond donors (Lipinski definition) is 2. The molecule has 1 amide bonds. The molecule has 66 valence electrons. The second-order valence-corrected chi connectivity index (χ2v) is 3.08. The van der Waals surface area contributed by atoms with Crippen LogP contribution in [0.2, 0.25) is 0 Å². The van der Waals surface area contributed by atoms with Gasteiger partial charge in [0, 0.05) is 12.5 Å². The number of aliphatic hydroxyl groups excluding tert-OH is 1. The molecule has 0 aromatic rings. The molecular weight excluding hydrogens is 142 g/mol. The lowest BCUT2D eigenvalue weighted by atomic mass is 10.2. The lowest BCUT2D eigenvalue weighted by Crippen LogP contribution is -2.29. The molecule has 0 spiro atoms. The molecule has 2 N–H and O–H groups in total. The highest BCUT2D eigenvalue weighted by Gasteiger charge is 2.05. The third-order valence-corrected chi connectivity index (χ3v) is 1.39. The van der Waals surface area contributed by atoms with Crippen LogP contribution in [-0.2, 0) is 4.79 Å². The zero-order valence-electron chi connectivity index (χ0n) is 7.42. The molecule has 1 atom stereocenters. The Morgan fingerprint density at radius 2 is 2.00 bits per heavy atom. The topological polar surface area (TPSA) is 49.3 Å². The van der Waals surface area contributed by atoms with Gasteiger partial charge in [-0.05, 0) is 13.3 Å². The first-order valence-corrected chi connectivity index (χ1v) is 3.99. The third-order valence-electron chi connectivity index (χ3n) is 1.39. The molecule has 1 unspecified atom stereocenters. The van der Waals surface area contributed by atoms with Crippen molar-refractivity contribution in [1.29, 1.82) is 0 Å². The zero-order valence-corrected chi connectivity index (χ0v) is 7.42. The van der Waals surface area contributed by atoms with E-state index in [-0.39, 0.29) is 17.9 Å². The van der Waals surface area contributed by atoms with Crippen LogP contribution in [0.5, 0.6) is 0 Å². The highest BCUT2D eigenvalue weighted by atomic mass is 16.3. The van der Waals surface area contributed by atoms with E-state index in [1.807, 2.05) is 13.8 Å². The predicted octanol–water partition coefficient (Wildman–Crippen LogP) is 0.529. The van der Waals surface area contributed by atoms with E-state index in [1.54, 1.807) is 6.92 Å². The summed E-state index contributed by atoms with van der Waals surface area (Å²) in [6.07, 6.45) is 0.292. The monoisotopic (exact) mass is 159 g/mol. The first kappa shape index (κ1) is 10.4. The van der Waals surface area contributed by atoms with E-state index in [0.717, 1.165) is 0 Å². The first-order chi connectivity index (χ1) is 5.04. The van der Waals surface area contributed by atoms with Crippen molar-refractivity contribution in [3.8, 4) is 0 Å². The molecule has 0 fully saturated rings. The molecule has 0 bridgehead atoms. The van der Waals surface area contributed by atoms with E-state index in [9.17, 15) is 4.79 Å². The van der Waals surface area contributed by atoms with Crippen molar-refractivity contribution in [2.75, 3.05) is 6.54 Å². The highest BCUT2D eigenvalue weighted by Crippen LogP contribution is 1.91. The maximum absolute atomic E-state index is 10.9. The Kier molecular flexibility index (Phi) is 4.86. The van der Waals surface area contributed by atoms with Gasteiger partial charge in [-0.3, -0.25) is 4.79 Å². The molecule has 0 saturated heterocycles. The molecule has 0 aliphatic carbocycles. The van der Waals surface area contributed by atoms with E-state index >= 15 is 0 Å². The average Bonchev–Trinajstić information content (AvgIpc) is 1.86. The molecule has 11 heavy (non-hydrogen) atoms. The van der Waals surface area contributed by atoms with Gasteiger partial charge in [0.1, 0.15) is 0 Å². The Morgan fingerprint density at radius 3 is 2.36 bits per heavy atom. The maximum atomic E-state index is 10.9. The fraction of sp³-hybridized carbons (Fsp3) is 0.875. The Bertz CT molecular complexity index is 121. The Balaban J connectivity index is 3.32. The van der Waals surface area contributed by atoms with Crippen LogP contribution >= 0.6 is 0 Å². The summed E-state index contributed by atoms with van der Waals surface area (Å²) in [5, 5.41) is 11.6. The van der Waals surface area contributed by atoms with Crippen molar-refractivity contribution in [3.05, 3.63) is 0 Å². The SMILES string of the molecule is CC(O)CCNC(=O)C(C)C. The minimum absolute atomic E-state index is 0.0315. The van der Waals surface area contributed by atoms with E-state index in [0.29, 0.717) is 13.0 Å². The second kappa shape index (κ2) is 5.13. The van der Waals surface area contributed by atoms with E-state index in [4.69, 9.17) is 5.11 Å². The predicted molar refractivity (Wildman–Crippen MR) is 44.1 cm³/mol. The van der Waals surface area contributed by atoms with Crippen molar-refractivity contribution in [1.82, 2.24) is 5.32 Å². The molecule has 0 saturated carbocycles. The van der Waals surface area contributed by atoms with Gasteiger partial charge < -0.3 is 10.4 Å². The van der Waals surface area contributed by atoms with Gasteiger partial charge in [0.2, 0.25) is 5.91 Å². The van der Waals surface area contributed by atoms with E-state index in [2.05, 4.69) is 5.32 Å². The quantitative estimate of drug-likeness (QED) is 0.628. The fourth-order valence-electron chi connectivity index (χ4n) is 0.608. The third kappa shape index (κ3) is 5.85. The van der Waals surface area contributed by atoms with Crippen LogP contribution in [-0.4, -0.2) is 23.7 Å². The average molecular weight is 159 g/mol. The number of nitrogens with one attached hydrogen (secondary N) is 1. The summed E-state index contributed by atoms with van der Waals surface area (Å²) in [5.74, 6) is 0.0784. The van der Waals surface area contributed by atoms with Gasteiger partial charge in [0.25, 0.3) is 0 Å². The largest absolute Gasteiger partial charge is 0.393 e. The molecule has 3 heteroatoms. The Morgan fingerprint density at radius 1 is 1.45 bits per heavy atom. The molecule has 0 aromatic carbocycles. The molecular formula is C8H17NO2. The minimum Gasteiger partial charge on any atom is -0.393 e. The van der Waals surface area contributed by atoms with Gasteiger partial charge in [0.05, 0.1) is 6.10 Å². The highest BCUT2D eigenvalue weighted by molar-refractivity contribution is 5.77. The summed E-state index contributed by atoms with van der Waals surface area (Å²) in [4.78, 5) is 10.9. The van der Waals surface area contributed by atoms with Crippen LogP contribution in [0.1, 0.15) is 27.2 Å². The number of carbonyl (C=O) groups excluding carboxylic acids is 1. The molecule has 0 rings (SSSR count). The first-order valence-electron chi connectivity index (χ1n) is 3.99. The van der Waals surface area contributed by atoms with E-state index in [1.165, 1.54) is 0 Å². The molecule has 0 radical (unpaired) electrons. The van der Waals surface area contributed by atoms with Crippen molar-refractivity contribution >= 4 is 5.91 Å². The summed E-state index contributed by atoms with van der Waals surface area (Å²) in [5.41, 5.74) is 0. The molecule has 0 aromatic heterocycles. The van der Waals surface area contributed by atoms with Crippen molar-refractivity contribution in [3.63, 3.8) is 0 Å². The van der Waals surface area contributed by atoms with Crippen LogP contribution in [0, 0.1) is 5.92 Å². The van der Waals surface area contributed by atoms with Gasteiger partial charge in [-0.1, -0.05) is 13.8 Å². The van der Waals surface area contributed by atoms with Gasteiger partial charge in [0.15, 0.2) is 0 Å². The number of amides is 1. The molecule has 0 aliphatic heterocycles. The van der Waals surface area contributed by atoms with Crippen molar-refractivity contribution in [2.24, 2.45) is 5.92 Å². The summed E-state index contributed by atoms with van der Waals surface area (Å²) in [6, 6.07) is 0. The zero-order chi connectivity index (χ0) is 8.85. The number of rotatable bonds is 4. The van der Waals surface area contributed by atoms with Crippen LogP contribution in [0.25, 0.3) is 0 Å². The van der Waals surface area contributed by atoms with Crippen LogP contribution in [0.3, 0.4) is 0 Å².